The van der Waals surface area contributed by atoms with Crippen molar-refractivity contribution < 1.29 is 4.79 Å². The van der Waals surface area contributed by atoms with Gasteiger partial charge in [-0.2, -0.15) is 0 Å². The molecule has 0 saturated heterocycles. The van der Waals surface area contributed by atoms with Gasteiger partial charge < -0.3 is 5.32 Å². The number of nitrogens with zero attached hydrogens (tertiary/aromatic N) is 2. The van der Waals surface area contributed by atoms with Crippen LogP contribution in [-0.2, 0) is 24.7 Å². The van der Waals surface area contributed by atoms with Crippen molar-refractivity contribution in [3.8, 4) is 0 Å². The fourth-order valence-corrected chi connectivity index (χ4v) is 5.96. The third kappa shape index (κ3) is 3.86. The Bertz CT molecular complexity index is 1100. The molecule has 146 valence electrons. The van der Waals surface area contributed by atoms with E-state index < -0.39 is 0 Å². The lowest BCUT2D eigenvalue weighted by atomic mass is 9.97. The first-order valence-electron chi connectivity index (χ1n) is 9.15. The first-order chi connectivity index (χ1) is 13.6. The highest BCUT2D eigenvalue weighted by molar-refractivity contribution is 7.99. The average Bonchev–Trinajstić information content (AvgIpc) is 3.08. The highest BCUT2D eigenvalue weighted by atomic mass is 32.2. The second-order valence-electron chi connectivity index (χ2n) is 6.72. The van der Waals surface area contributed by atoms with Crippen LogP contribution in [-0.4, -0.2) is 27.5 Å². The van der Waals surface area contributed by atoms with E-state index >= 15 is 0 Å². The van der Waals surface area contributed by atoms with Gasteiger partial charge in [-0.05, 0) is 55.7 Å². The number of carbonyl (C=O) groups is 1. The Labute approximate surface area is 175 Å². The number of hydrogen-bond donors (Lipinski definition) is 1. The molecular weight excluding hydrogens is 410 g/mol. The van der Waals surface area contributed by atoms with Crippen LogP contribution < -0.4 is 10.9 Å². The minimum absolute atomic E-state index is 0.0000186. The van der Waals surface area contributed by atoms with E-state index in [1.807, 2.05) is 30.5 Å². The monoisotopic (exact) mass is 431 g/mol. The maximum Gasteiger partial charge on any atom is 0.262 e. The van der Waals surface area contributed by atoms with Crippen molar-refractivity contribution in [2.75, 3.05) is 17.3 Å². The first-order valence-corrected chi connectivity index (χ1v) is 12.2. The zero-order valence-electron chi connectivity index (χ0n) is 15.8. The lowest BCUT2D eigenvalue weighted by molar-refractivity contribution is -0.113. The molecule has 0 unspecified atom stereocenters. The average molecular weight is 432 g/mol. The SMILES string of the molecule is CSc1cccc(NC(=O)CSc2nc3sc4c(c3c(=O)n2C)CCCC4)c1. The quantitative estimate of drug-likeness (QED) is 0.481. The molecule has 4 rings (SSSR count). The van der Waals surface area contributed by atoms with Crippen molar-refractivity contribution in [2.24, 2.45) is 7.05 Å². The maximum atomic E-state index is 12.9. The van der Waals surface area contributed by atoms with E-state index in [1.165, 1.54) is 28.6 Å². The Morgan fingerprint density at radius 1 is 1.32 bits per heavy atom. The van der Waals surface area contributed by atoms with Crippen LogP contribution in [0.1, 0.15) is 23.3 Å². The van der Waals surface area contributed by atoms with Crippen LogP contribution in [0, 0.1) is 0 Å². The Morgan fingerprint density at radius 3 is 2.96 bits per heavy atom. The molecule has 28 heavy (non-hydrogen) atoms. The van der Waals surface area contributed by atoms with Crippen molar-refractivity contribution >= 4 is 56.7 Å². The molecule has 5 nitrogen and oxygen atoms in total. The number of benzene rings is 1. The number of thiophene rings is 1. The summed E-state index contributed by atoms with van der Waals surface area (Å²) in [6.45, 7) is 0. The van der Waals surface area contributed by atoms with Crippen molar-refractivity contribution in [3.63, 3.8) is 0 Å². The molecule has 0 spiro atoms. The molecule has 1 N–H and O–H groups in total. The van der Waals surface area contributed by atoms with Gasteiger partial charge >= 0.3 is 0 Å². The molecule has 3 aromatic rings. The number of aromatic nitrogens is 2. The van der Waals surface area contributed by atoms with E-state index in [-0.39, 0.29) is 17.2 Å². The third-order valence-electron chi connectivity index (χ3n) is 4.84. The normalized spacial score (nSPS) is 13.5. The summed E-state index contributed by atoms with van der Waals surface area (Å²) in [4.78, 5) is 33.2. The van der Waals surface area contributed by atoms with Crippen molar-refractivity contribution in [2.45, 2.75) is 35.7 Å². The fourth-order valence-electron chi connectivity index (χ4n) is 3.42. The van der Waals surface area contributed by atoms with Crippen molar-refractivity contribution in [1.82, 2.24) is 9.55 Å². The van der Waals surface area contributed by atoms with Gasteiger partial charge in [-0.3, -0.25) is 14.2 Å². The molecular formula is C20H21N3O2S3. The van der Waals surface area contributed by atoms with Gasteiger partial charge in [0.25, 0.3) is 5.56 Å². The van der Waals surface area contributed by atoms with Crippen LogP contribution in [0.15, 0.2) is 39.1 Å². The van der Waals surface area contributed by atoms with Crippen LogP contribution in [0.2, 0.25) is 0 Å². The minimum Gasteiger partial charge on any atom is -0.325 e. The smallest absolute Gasteiger partial charge is 0.262 e. The summed E-state index contributed by atoms with van der Waals surface area (Å²) in [5, 5.41) is 4.28. The number of carbonyl (C=O) groups excluding carboxylic acids is 1. The lowest BCUT2D eigenvalue weighted by Gasteiger charge is -2.11. The minimum atomic E-state index is -0.108. The summed E-state index contributed by atoms with van der Waals surface area (Å²) in [5.74, 6) is 0.100. The molecule has 2 aromatic heterocycles. The number of anilines is 1. The highest BCUT2D eigenvalue weighted by Crippen LogP contribution is 2.34. The topological polar surface area (TPSA) is 64.0 Å². The van der Waals surface area contributed by atoms with Gasteiger partial charge in [-0.1, -0.05) is 17.8 Å². The molecule has 0 aliphatic heterocycles. The molecule has 0 radical (unpaired) electrons. The van der Waals surface area contributed by atoms with Crippen LogP contribution >= 0.6 is 34.9 Å². The van der Waals surface area contributed by atoms with Gasteiger partial charge in [0.1, 0.15) is 4.83 Å². The molecule has 1 aliphatic carbocycles. The molecule has 0 atom stereocenters. The molecule has 1 aromatic carbocycles. The summed E-state index contributed by atoms with van der Waals surface area (Å²) in [6.07, 6.45) is 6.33. The number of thioether (sulfide) groups is 2. The van der Waals surface area contributed by atoms with Crippen molar-refractivity contribution in [3.05, 3.63) is 45.1 Å². The zero-order valence-corrected chi connectivity index (χ0v) is 18.2. The number of rotatable bonds is 5. The zero-order chi connectivity index (χ0) is 19.7. The van der Waals surface area contributed by atoms with E-state index in [1.54, 1.807) is 34.7 Å². The van der Waals surface area contributed by atoms with Crippen LogP contribution in [0.5, 0.6) is 0 Å². The number of fused-ring (bicyclic) bond motifs is 3. The number of hydrogen-bond acceptors (Lipinski definition) is 6. The number of amides is 1. The Balaban J connectivity index is 1.52. The molecule has 1 amide bonds. The van der Waals surface area contributed by atoms with E-state index in [0.29, 0.717) is 5.16 Å². The van der Waals surface area contributed by atoms with Crippen molar-refractivity contribution in [1.29, 1.82) is 0 Å². The number of nitrogens with one attached hydrogen (secondary N) is 1. The summed E-state index contributed by atoms with van der Waals surface area (Å²) in [6, 6.07) is 7.75. The van der Waals surface area contributed by atoms with Crippen LogP contribution in [0.25, 0.3) is 10.2 Å². The summed E-state index contributed by atoms with van der Waals surface area (Å²) < 4.78 is 1.58. The Kier molecular flexibility index (Phi) is 5.80. The standard InChI is InChI=1S/C20H21N3O2S3/c1-23-19(25)17-14-8-3-4-9-15(14)28-18(17)22-20(23)27-11-16(24)21-12-6-5-7-13(10-12)26-2/h5-7,10H,3-4,8-9,11H2,1-2H3,(H,21,24). The molecule has 8 heteroatoms. The third-order valence-corrected chi connectivity index (χ3v) is 7.78. The van der Waals surface area contributed by atoms with Crippen LogP contribution in [0.4, 0.5) is 5.69 Å². The maximum absolute atomic E-state index is 12.9. The van der Waals surface area contributed by atoms with E-state index in [4.69, 9.17) is 4.98 Å². The van der Waals surface area contributed by atoms with Gasteiger partial charge in [-0.15, -0.1) is 23.1 Å². The predicted octanol–water partition coefficient (Wildman–Crippen LogP) is 4.33. The second kappa shape index (κ2) is 8.31. The lowest BCUT2D eigenvalue weighted by Crippen LogP contribution is -2.22. The molecule has 0 bridgehead atoms. The van der Waals surface area contributed by atoms with Crippen LogP contribution in [0.3, 0.4) is 0 Å². The largest absolute Gasteiger partial charge is 0.325 e. The molecule has 0 fully saturated rings. The van der Waals surface area contributed by atoms with Gasteiger partial charge in [0, 0.05) is 22.5 Å². The van der Waals surface area contributed by atoms with E-state index in [2.05, 4.69) is 5.32 Å². The van der Waals surface area contributed by atoms with Gasteiger partial charge in [0.15, 0.2) is 5.16 Å². The van der Waals surface area contributed by atoms with Gasteiger partial charge in [-0.25, -0.2) is 4.98 Å². The fraction of sp³-hybridized carbons (Fsp3) is 0.350. The highest BCUT2D eigenvalue weighted by Gasteiger charge is 2.21. The molecule has 0 saturated carbocycles. The van der Waals surface area contributed by atoms with E-state index in [0.717, 1.165) is 40.1 Å². The van der Waals surface area contributed by atoms with Gasteiger partial charge in [0.05, 0.1) is 11.1 Å². The van der Waals surface area contributed by atoms with E-state index in [9.17, 15) is 9.59 Å². The molecule has 2 heterocycles. The first kappa shape index (κ1) is 19.5. The molecule has 1 aliphatic rings. The Morgan fingerprint density at radius 2 is 2.14 bits per heavy atom. The number of aryl methyl sites for hydroxylation is 2. The van der Waals surface area contributed by atoms with Gasteiger partial charge in [0.2, 0.25) is 5.91 Å². The summed E-state index contributed by atoms with van der Waals surface area (Å²) in [7, 11) is 1.74. The Hall–Kier alpha value is -1.77. The summed E-state index contributed by atoms with van der Waals surface area (Å²) in [5.41, 5.74) is 1.97. The summed E-state index contributed by atoms with van der Waals surface area (Å²) >= 11 is 4.57. The predicted molar refractivity (Wildman–Crippen MR) is 119 cm³/mol. The second-order valence-corrected chi connectivity index (χ2v) is 9.62.